The zero-order chi connectivity index (χ0) is 14.0. The van der Waals surface area contributed by atoms with Gasteiger partial charge < -0.3 is 10.1 Å². The lowest BCUT2D eigenvalue weighted by molar-refractivity contribution is -0.142. The van der Waals surface area contributed by atoms with Crippen molar-refractivity contribution >= 4 is 22.8 Å². The number of nitrogens with zero attached hydrogens (tertiary/aromatic N) is 2. The monoisotopic (exact) mass is 261 g/mol. The lowest BCUT2D eigenvalue weighted by atomic mass is 10.2. The molecule has 1 atom stereocenters. The Kier molecular flexibility index (Phi) is 3.50. The van der Waals surface area contributed by atoms with Crippen LogP contribution in [0.4, 0.5) is 0 Å². The number of ether oxygens (including phenoxy) is 1. The molecule has 2 aromatic rings. The van der Waals surface area contributed by atoms with E-state index in [1.165, 1.54) is 7.11 Å². The molecule has 1 unspecified atom stereocenters. The smallest absolute Gasteiger partial charge is 0.328 e. The van der Waals surface area contributed by atoms with Crippen LogP contribution in [0.15, 0.2) is 24.3 Å². The Balaban J connectivity index is 2.30. The molecule has 0 bridgehead atoms. The van der Waals surface area contributed by atoms with E-state index in [9.17, 15) is 9.59 Å². The Morgan fingerprint density at radius 3 is 2.74 bits per heavy atom. The summed E-state index contributed by atoms with van der Waals surface area (Å²) in [5, 5.41) is 7.49. The number of hydrogen-bond donors (Lipinski definition) is 1. The molecule has 0 radical (unpaired) electrons. The van der Waals surface area contributed by atoms with Crippen LogP contribution in [0.2, 0.25) is 0 Å². The van der Waals surface area contributed by atoms with Crippen molar-refractivity contribution in [1.82, 2.24) is 15.1 Å². The maximum absolute atomic E-state index is 12.1. The number of hydrogen-bond acceptors (Lipinski definition) is 4. The van der Waals surface area contributed by atoms with Gasteiger partial charge in [-0.2, -0.15) is 5.10 Å². The van der Waals surface area contributed by atoms with Crippen LogP contribution < -0.4 is 5.32 Å². The number of aromatic nitrogens is 2. The lowest BCUT2D eigenvalue weighted by Gasteiger charge is -2.10. The number of nitrogens with one attached hydrogen (secondary N) is 1. The summed E-state index contributed by atoms with van der Waals surface area (Å²) in [5.41, 5.74) is 1.16. The molecule has 1 heterocycles. The molecular formula is C13H15N3O3. The van der Waals surface area contributed by atoms with Crippen LogP contribution in [0.1, 0.15) is 17.4 Å². The van der Waals surface area contributed by atoms with Crippen molar-refractivity contribution in [2.75, 3.05) is 7.11 Å². The summed E-state index contributed by atoms with van der Waals surface area (Å²) >= 11 is 0. The normalized spacial score (nSPS) is 12.2. The van der Waals surface area contributed by atoms with Gasteiger partial charge in [0.05, 0.1) is 12.6 Å². The predicted octanol–water partition coefficient (Wildman–Crippen LogP) is 0.865. The first-order chi connectivity index (χ1) is 9.04. The molecule has 6 heteroatoms. The Bertz CT molecular complexity index is 633. The number of fused-ring (bicyclic) bond motifs is 1. The summed E-state index contributed by atoms with van der Waals surface area (Å²) in [4.78, 5) is 23.4. The molecule has 0 spiro atoms. The second kappa shape index (κ2) is 5.09. The van der Waals surface area contributed by atoms with Crippen molar-refractivity contribution < 1.29 is 14.3 Å². The molecule has 0 fully saturated rings. The van der Waals surface area contributed by atoms with E-state index in [0.717, 1.165) is 10.9 Å². The Morgan fingerprint density at radius 2 is 2.05 bits per heavy atom. The summed E-state index contributed by atoms with van der Waals surface area (Å²) in [7, 11) is 3.05. The van der Waals surface area contributed by atoms with Crippen molar-refractivity contribution in [3.63, 3.8) is 0 Å². The van der Waals surface area contributed by atoms with Gasteiger partial charge in [0.15, 0.2) is 5.69 Å². The van der Waals surface area contributed by atoms with Gasteiger partial charge in [-0.1, -0.05) is 18.2 Å². The summed E-state index contributed by atoms with van der Waals surface area (Å²) in [5.74, 6) is -0.886. The van der Waals surface area contributed by atoms with Gasteiger partial charge in [-0.15, -0.1) is 0 Å². The van der Waals surface area contributed by atoms with Crippen molar-refractivity contribution in [2.24, 2.45) is 7.05 Å². The van der Waals surface area contributed by atoms with Crippen molar-refractivity contribution in [1.29, 1.82) is 0 Å². The number of benzene rings is 1. The van der Waals surface area contributed by atoms with E-state index in [2.05, 4.69) is 15.2 Å². The van der Waals surface area contributed by atoms with E-state index in [-0.39, 0.29) is 0 Å². The van der Waals surface area contributed by atoms with Gasteiger partial charge in [0.2, 0.25) is 0 Å². The molecular weight excluding hydrogens is 246 g/mol. The minimum Gasteiger partial charge on any atom is -0.467 e. The topological polar surface area (TPSA) is 73.2 Å². The third kappa shape index (κ3) is 2.42. The summed E-state index contributed by atoms with van der Waals surface area (Å²) in [6.07, 6.45) is 0. The highest BCUT2D eigenvalue weighted by molar-refractivity contribution is 6.05. The molecule has 1 amide bonds. The Morgan fingerprint density at radius 1 is 1.37 bits per heavy atom. The fraction of sp³-hybridized carbons (Fsp3) is 0.308. The lowest BCUT2D eigenvalue weighted by Crippen LogP contribution is -2.39. The predicted molar refractivity (Wildman–Crippen MR) is 69.7 cm³/mol. The van der Waals surface area contributed by atoms with Gasteiger partial charge in [0.1, 0.15) is 6.04 Å². The van der Waals surface area contributed by atoms with E-state index in [4.69, 9.17) is 0 Å². The summed E-state index contributed by atoms with van der Waals surface area (Å²) in [6, 6.07) is 6.70. The first kappa shape index (κ1) is 13.1. The number of carbonyl (C=O) groups is 2. The summed E-state index contributed by atoms with van der Waals surface area (Å²) < 4.78 is 6.19. The third-order valence-electron chi connectivity index (χ3n) is 2.88. The molecule has 0 saturated carbocycles. The molecule has 0 aliphatic rings. The average molecular weight is 261 g/mol. The molecule has 0 saturated heterocycles. The molecule has 19 heavy (non-hydrogen) atoms. The first-order valence-corrected chi connectivity index (χ1v) is 5.85. The van der Waals surface area contributed by atoms with Crippen LogP contribution in [-0.4, -0.2) is 34.8 Å². The van der Waals surface area contributed by atoms with E-state index in [0.29, 0.717) is 5.69 Å². The number of carbonyl (C=O) groups excluding carboxylic acids is 2. The van der Waals surface area contributed by atoms with Crippen LogP contribution in [0, 0.1) is 0 Å². The van der Waals surface area contributed by atoms with Crippen LogP contribution in [-0.2, 0) is 16.6 Å². The number of amides is 1. The quantitative estimate of drug-likeness (QED) is 0.832. The molecule has 6 nitrogen and oxygen atoms in total. The van der Waals surface area contributed by atoms with Crippen LogP contribution in [0.3, 0.4) is 0 Å². The van der Waals surface area contributed by atoms with Crippen molar-refractivity contribution in [2.45, 2.75) is 13.0 Å². The molecule has 1 aromatic carbocycles. The van der Waals surface area contributed by atoms with Gasteiger partial charge in [-0.25, -0.2) is 4.79 Å². The van der Waals surface area contributed by atoms with Crippen molar-refractivity contribution in [3.8, 4) is 0 Å². The average Bonchev–Trinajstić information content (AvgIpc) is 2.76. The van der Waals surface area contributed by atoms with Gasteiger partial charge in [-0.3, -0.25) is 9.48 Å². The highest BCUT2D eigenvalue weighted by Crippen LogP contribution is 2.17. The Labute approximate surface area is 110 Å². The SMILES string of the molecule is COC(=O)C(C)NC(=O)c1nn(C)c2ccccc12. The highest BCUT2D eigenvalue weighted by atomic mass is 16.5. The van der Waals surface area contributed by atoms with Gasteiger partial charge in [-0.05, 0) is 13.0 Å². The zero-order valence-electron chi connectivity index (χ0n) is 11.0. The maximum Gasteiger partial charge on any atom is 0.328 e. The Hall–Kier alpha value is -2.37. The van der Waals surface area contributed by atoms with Gasteiger partial charge >= 0.3 is 5.97 Å². The molecule has 2 rings (SSSR count). The third-order valence-corrected chi connectivity index (χ3v) is 2.88. The number of esters is 1. The van der Waals surface area contributed by atoms with Crippen LogP contribution in [0.25, 0.3) is 10.9 Å². The van der Waals surface area contributed by atoms with E-state index >= 15 is 0 Å². The fourth-order valence-electron chi connectivity index (χ4n) is 1.88. The molecule has 1 N–H and O–H groups in total. The maximum atomic E-state index is 12.1. The minimum absolute atomic E-state index is 0.300. The van der Waals surface area contributed by atoms with Gasteiger partial charge in [0, 0.05) is 12.4 Å². The molecule has 0 aliphatic carbocycles. The van der Waals surface area contributed by atoms with Crippen LogP contribution >= 0.6 is 0 Å². The molecule has 0 aliphatic heterocycles. The van der Waals surface area contributed by atoms with E-state index in [1.807, 2.05) is 24.3 Å². The van der Waals surface area contributed by atoms with E-state index in [1.54, 1.807) is 18.7 Å². The summed E-state index contributed by atoms with van der Waals surface area (Å²) in [6.45, 7) is 1.56. The minimum atomic E-state index is -0.710. The second-order valence-corrected chi connectivity index (χ2v) is 4.21. The number of methoxy groups -OCH3 is 1. The van der Waals surface area contributed by atoms with E-state index < -0.39 is 17.9 Å². The first-order valence-electron chi connectivity index (χ1n) is 5.85. The molecule has 1 aromatic heterocycles. The largest absolute Gasteiger partial charge is 0.467 e. The molecule has 100 valence electrons. The highest BCUT2D eigenvalue weighted by Gasteiger charge is 2.20. The van der Waals surface area contributed by atoms with Crippen molar-refractivity contribution in [3.05, 3.63) is 30.0 Å². The standard InChI is InChI=1S/C13H15N3O3/c1-8(13(18)19-3)14-12(17)11-9-6-4-5-7-10(9)16(2)15-11/h4-8H,1-3H3,(H,14,17). The fourth-order valence-corrected chi connectivity index (χ4v) is 1.88. The second-order valence-electron chi connectivity index (χ2n) is 4.21. The number of para-hydroxylation sites is 1. The zero-order valence-corrected chi connectivity index (χ0v) is 11.0. The van der Waals surface area contributed by atoms with Gasteiger partial charge in [0.25, 0.3) is 5.91 Å². The number of rotatable bonds is 3. The number of aryl methyl sites for hydroxylation is 1. The van der Waals surface area contributed by atoms with Crippen LogP contribution in [0.5, 0.6) is 0 Å².